The fraction of sp³-hybridized carbons (Fsp3) is 0.167. The molecule has 0 fully saturated rings. The molecular formula is C30H29ClNP. The summed E-state index contributed by atoms with van der Waals surface area (Å²) >= 11 is 8.16. The van der Waals surface area contributed by atoms with Gasteiger partial charge in [0.1, 0.15) is 0 Å². The van der Waals surface area contributed by atoms with E-state index in [0.29, 0.717) is 0 Å². The van der Waals surface area contributed by atoms with E-state index in [4.69, 9.17) is 16.5 Å². The van der Waals surface area contributed by atoms with Gasteiger partial charge in [-0.1, -0.05) is 0 Å². The van der Waals surface area contributed by atoms with Crippen molar-refractivity contribution in [2.24, 2.45) is 5.92 Å². The van der Waals surface area contributed by atoms with E-state index >= 15 is 0 Å². The van der Waals surface area contributed by atoms with E-state index in [1.807, 2.05) is 6.92 Å². The summed E-state index contributed by atoms with van der Waals surface area (Å²) in [6.07, 6.45) is 2.53. The van der Waals surface area contributed by atoms with E-state index in [0.717, 1.165) is 19.0 Å². The number of hydrogen-bond acceptors (Lipinski definition) is 1. The van der Waals surface area contributed by atoms with Gasteiger partial charge in [0.15, 0.2) is 0 Å². The molecule has 0 radical (unpaired) electrons. The summed E-state index contributed by atoms with van der Waals surface area (Å²) in [5.41, 5.74) is 2.48. The third-order valence-corrected chi connectivity index (χ3v) is 13.7. The Morgan fingerprint density at radius 3 is 1.45 bits per heavy atom. The van der Waals surface area contributed by atoms with Crippen molar-refractivity contribution < 1.29 is 0 Å². The van der Waals surface area contributed by atoms with Crippen LogP contribution in [-0.2, 0) is 12.6 Å². The zero-order valence-electron chi connectivity index (χ0n) is 18.9. The van der Waals surface area contributed by atoms with E-state index in [2.05, 4.69) is 121 Å². The second-order valence-electron chi connectivity index (χ2n) is 8.73. The topological polar surface area (TPSA) is 23.8 Å². The Kier molecular flexibility index (Phi) is 6.99. The zero-order chi connectivity index (χ0) is 23.2. The fourth-order valence-corrected chi connectivity index (χ4v) is 10.7. The Balaban J connectivity index is 1.85. The summed E-state index contributed by atoms with van der Waals surface area (Å²) in [5.74, 6) is -3.24. The molecule has 0 aliphatic heterocycles. The van der Waals surface area contributed by atoms with Crippen molar-refractivity contribution in [1.29, 1.82) is 5.26 Å². The number of nitrogens with zero attached hydrogens (tertiary/aromatic N) is 1. The molecule has 0 amide bonds. The fourth-order valence-electron chi connectivity index (χ4n) is 4.54. The SMILES string of the molecule is CC(C#N)CCc1ccc(CP(Cl)(c2ccccc2)(c2ccccc2)c2ccccc2)cc1. The first-order valence-corrected chi connectivity index (χ1v) is 14.7. The van der Waals surface area contributed by atoms with E-state index in [1.165, 1.54) is 27.0 Å². The molecule has 1 atom stereocenters. The van der Waals surface area contributed by atoms with Gasteiger partial charge in [0.2, 0.25) is 0 Å². The third-order valence-electron chi connectivity index (χ3n) is 6.47. The van der Waals surface area contributed by atoms with Gasteiger partial charge in [-0.3, -0.25) is 0 Å². The number of aryl methyl sites for hydroxylation is 1. The van der Waals surface area contributed by atoms with Gasteiger partial charge in [-0.15, -0.1) is 0 Å². The van der Waals surface area contributed by atoms with Crippen LogP contribution in [0.1, 0.15) is 24.5 Å². The summed E-state index contributed by atoms with van der Waals surface area (Å²) in [6.45, 7) is 1.98. The van der Waals surface area contributed by atoms with Crippen LogP contribution in [0.25, 0.3) is 0 Å². The van der Waals surface area contributed by atoms with Crippen molar-refractivity contribution in [3.8, 4) is 6.07 Å². The van der Waals surface area contributed by atoms with Crippen LogP contribution in [0.15, 0.2) is 115 Å². The molecule has 4 aromatic rings. The van der Waals surface area contributed by atoms with Crippen LogP contribution in [0.2, 0.25) is 0 Å². The Hall–Kier alpha value is -2.91. The van der Waals surface area contributed by atoms with Gasteiger partial charge >= 0.3 is 203 Å². The van der Waals surface area contributed by atoms with Gasteiger partial charge in [-0.05, 0) is 0 Å². The van der Waals surface area contributed by atoms with Gasteiger partial charge in [-0.2, -0.15) is 0 Å². The molecule has 0 aromatic heterocycles. The second-order valence-corrected chi connectivity index (χ2v) is 15.2. The Bertz CT molecular complexity index is 1120. The quantitative estimate of drug-likeness (QED) is 0.256. The Labute approximate surface area is 202 Å². The van der Waals surface area contributed by atoms with Crippen molar-refractivity contribution in [2.75, 3.05) is 0 Å². The average molecular weight is 470 g/mol. The third kappa shape index (κ3) is 4.60. The maximum absolute atomic E-state index is 9.08. The van der Waals surface area contributed by atoms with Gasteiger partial charge in [0, 0.05) is 0 Å². The number of halogens is 1. The van der Waals surface area contributed by atoms with E-state index in [-0.39, 0.29) is 5.92 Å². The van der Waals surface area contributed by atoms with Crippen LogP contribution in [0.4, 0.5) is 0 Å². The molecule has 33 heavy (non-hydrogen) atoms. The molecule has 3 heteroatoms. The Morgan fingerprint density at radius 2 is 1.06 bits per heavy atom. The van der Waals surface area contributed by atoms with Gasteiger partial charge < -0.3 is 0 Å². The molecule has 0 aliphatic rings. The van der Waals surface area contributed by atoms with Crippen LogP contribution >= 0.6 is 17.2 Å². The monoisotopic (exact) mass is 469 g/mol. The van der Waals surface area contributed by atoms with Crippen LogP contribution in [-0.4, -0.2) is 0 Å². The molecule has 0 spiro atoms. The molecule has 0 saturated carbocycles. The number of benzene rings is 4. The normalized spacial score (nSPS) is 13.4. The van der Waals surface area contributed by atoms with Crippen LogP contribution < -0.4 is 15.9 Å². The first-order chi connectivity index (χ1) is 16.0. The van der Waals surface area contributed by atoms with Crippen LogP contribution in [0.3, 0.4) is 0 Å². The number of nitriles is 1. The van der Waals surface area contributed by atoms with Crippen LogP contribution in [0, 0.1) is 17.2 Å². The molecule has 1 nitrogen and oxygen atoms in total. The molecule has 0 N–H and O–H groups in total. The predicted molar refractivity (Wildman–Crippen MR) is 144 cm³/mol. The first-order valence-electron chi connectivity index (χ1n) is 11.4. The summed E-state index contributed by atoms with van der Waals surface area (Å²) in [4.78, 5) is 0. The molecule has 0 bridgehead atoms. The second kappa shape index (κ2) is 9.93. The number of hydrogen-bond donors (Lipinski definition) is 0. The molecule has 4 aromatic carbocycles. The van der Waals surface area contributed by atoms with Crippen molar-refractivity contribution in [1.82, 2.24) is 0 Å². The van der Waals surface area contributed by atoms with E-state index in [9.17, 15) is 0 Å². The number of rotatable bonds is 8. The molecular weight excluding hydrogens is 441 g/mol. The molecule has 0 saturated heterocycles. The molecule has 0 heterocycles. The summed E-state index contributed by atoms with van der Waals surface area (Å²) in [7, 11) is 0. The van der Waals surface area contributed by atoms with Crippen molar-refractivity contribution in [3.05, 3.63) is 126 Å². The van der Waals surface area contributed by atoms with Crippen molar-refractivity contribution in [2.45, 2.75) is 25.9 Å². The molecule has 166 valence electrons. The molecule has 4 rings (SSSR count). The van der Waals surface area contributed by atoms with Gasteiger partial charge in [-0.25, -0.2) is 0 Å². The van der Waals surface area contributed by atoms with Crippen molar-refractivity contribution in [3.63, 3.8) is 0 Å². The predicted octanol–water partition coefficient (Wildman–Crippen LogP) is 6.96. The van der Waals surface area contributed by atoms with Crippen molar-refractivity contribution >= 4 is 33.1 Å². The van der Waals surface area contributed by atoms with E-state index < -0.39 is 5.96 Å². The molecule has 0 aliphatic carbocycles. The minimum atomic E-state index is -3.31. The van der Waals surface area contributed by atoms with E-state index in [1.54, 1.807) is 0 Å². The Morgan fingerprint density at radius 1 is 0.667 bits per heavy atom. The maximum atomic E-state index is 9.08. The standard InChI is InChI=1S/C30H29ClNP/c1-25(23-32)17-18-26-19-21-27(22-20-26)24-33(31,28-11-5-2-6-12-28,29-13-7-3-8-14-29)30-15-9-4-10-16-30/h2-16,19-22,25H,17-18,24H2,1H3. The van der Waals surface area contributed by atoms with Gasteiger partial charge in [0.25, 0.3) is 0 Å². The summed E-state index contributed by atoms with van der Waals surface area (Å²) < 4.78 is 0. The first kappa shape index (κ1) is 23.3. The zero-order valence-corrected chi connectivity index (χ0v) is 20.6. The molecule has 1 unspecified atom stereocenters. The minimum absolute atomic E-state index is 0.0737. The van der Waals surface area contributed by atoms with Crippen LogP contribution in [0.5, 0.6) is 0 Å². The summed E-state index contributed by atoms with van der Waals surface area (Å²) in [6, 6.07) is 42.9. The summed E-state index contributed by atoms with van der Waals surface area (Å²) in [5, 5.41) is 12.6. The van der Waals surface area contributed by atoms with Gasteiger partial charge in [0.05, 0.1) is 0 Å². The average Bonchev–Trinajstić information content (AvgIpc) is 2.89.